The van der Waals surface area contributed by atoms with Gasteiger partial charge in [0.1, 0.15) is 9.88 Å². The molecule has 25 heavy (non-hydrogen) atoms. The first-order valence-corrected chi connectivity index (χ1v) is 8.24. The molecule has 0 aliphatic carbocycles. The third-order valence-electron chi connectivity index (χ3n) is 3.28. The fourth-order valence-electron chi connectivity index (χ4n) is 1.87. The minimum atomic E-state index is -0.626. The number of carbonyl (C=O) groups excluding carboxylic acids is 3. The highest BCUT2D eigenvalue weighted by atomic mass is 32.1. The molecule has 0 spiro atoms. The summed E-state index contributed by atoms with van der Waals surface area (Å²) in [5, 5.41) is 3.02. The van der Waals surface area contributed by atoms with Crippen molar-refractivity contribution in [3.05, 3.63) is 35.0 Å². The lowest BCUT2D eigenvalue weighted by molar-refractivity contribution is -0.137. The van der Waals surface area contributed by atoms with Gasteiger partial charge in [0.25, 0.3) is 5.91 Å². The van der Waals surface area contributed by atoms with Gasteiger partial charge in [0.05, 0.1) is 17.9 Å². The van der Waals surface area contributed by atoms with Crippen LogP contribution in [-0.2, 0) is 14.3 Å². The molecular formula is C16H18N4O4S. The number of amides is 2. The Balaban J connectivity index is 1.98. The molecule has 0 aromatic carbocycles. The lowest BCUT2D eigenvalue weighted by Crippen LogP contribution is -2.39. The highest BCUT2D eigenvalue weighted by Crippen LogP contribution is 2.26. The zero-order chi connectivity index (χ0) is 18.4. The first-order valence-electron chi connectivity index (χ1n) is 7.43. The highest BCUT2D eigenvalue weighted by Gasteiger charge is 2.20. The molecular weight excluding hydrogens is 344 g/mol. The van der Waals surface area contributed by atoms with E-state index in [2.05, 4.69) is 15.3 Å². The van der Waals surface area contributed by atoms with Gasteiger partial charge in [-0.3, -0.25) is 14.6 Å². The van der Waals surface area contributed by atoms with Crippen LogP contribution in [0.4, 0.5) is 0 Å². The lowest BCUT2D eigenvalue weighted by atomic mass is 10.3. The van der Waals surface area contributed by atoms with Crippen molar-refractivity contribution in [3.8, 4) is 10.7 Å². The van der Waals surface area contributed by atoms with E-state index >= 15 is 0 Å². The Morgan fingerprint density at radius 2 is 2.08 bits per heavy atom. The number of thiazole rings is 1. The van der Waals surface area contributed by atoms with Crippen molar-refractivity contribution in [1.82, 2.24) is 20.2 Å². The zero-order valence-corrected chi connectivity index (χ0v) is 14.9. The second kappa shape index (κ2) is 8.34. The summed E-state index contributed by atoms with van der Waals surface area (Å²) in [5.74, 6) is -1.40. The molecule has 0 bridgehead atoms. The third kappa shape index (κ3) is 4.83. The maximum Gasteiger partial charge on any atom is 0.350 e. The lowest BCUT2D eigenvalue weighted by Gasteiger charge is -2.15. The van der Waals surface area contributed by atoms with Gasteiger partial charge in [-0.1, -0.05) is 6.07 Å². The van der Waals surface area contributed by atoms with Crippen molar-refractivity contribution >= 4 is 29.1 Å². The van der Waals surface area contributed by atoms with E-state index in [0.29, 0.717) is 21.3 Å². The van der Waals surface area contributed by atoms with Crippen LogP contribution in [0.2, 0.25) is 0 Å². The van der Waals surface area contributed by atoms with E-state index < -0.39 is 18.5 Å². The van der Waals surface area contributed by atoms with Gasteiger partial charge in [0.15, 0.2) is 6.61 Å². The summed E-state index contributed by atoms with van der Waals surface area (Å²) in [6, 6.07) is 5.42. The second-order valence-corrected chi connectivity index (χ2v) is 6.15. The summed E-state index contributed by atoms with van der Waals surface area (Å²) in [6.45, 7) is 1.15. The molecule has 0 aliphatic heterocycles. The molecule has 2 aromatic rings. The summed E-state index contributed by atoms with van der Waals surface area (Å²) in [4.78, 5) is 45.3. The van der Waals surface area contributed by atoms with Crippen LogP contribution in [-0.4, -0.2) is 59.9 Å². The fourth-order valence-corrected chi connectivity index (χ4v) is 2.81. The van der Waals surface area contributed by atoms with E-state index in [1.165, 1.54) is 19.0 Å². The number of carbonyl (C=O) groups is 3. The molecule has 0 fully saturated rings. The Bertz CT molecular complexity index is 776. The number of aryl methyl sites for hydroxylation is 1. The van der Waals surface area contributed by atoms with Crippen molar-refractivity contribution < 1.29 is 19.1 Å². The molecule has 0 saturated heterocycles. The van der Waals surface area contributed by atoms with Crippen LogP contribution in [0.1, 0.15) is 15.4 Å². The largest absolute Gasteiger partial charge is 0.451 e. The Labute approximate surface area is 148 Å². The van der Waals surface area contributed by atoms with Gasteiger partial charge in [-0.05, 0) is 19.1 Å². The molecule has 0 radical (unpaired) electrons. The van der Waals surface area contributed by atoms with Gasteiger partial charge in [0, 0.05) is 20.3 Å². The van der Waals surface area contributed by atoms with Gasteiger partial charge < -0.3 is 15.0 Å². The number of likely N-dealkylation sites (N-methyl/N-ethyl adjacent to an activating group) is 2. The number of rotatable bonds is 6. The van der Waals surface area contributed by atoms with Crippen molar-refractivity contribution in [3.63, 3.8) is 0 Å². The summed E-state index contributed by atoms with van der Waals surface area (Å²) < 4.78 is 5.04. The predicted molar refractivity (Wildman–Crippen MR) is 92.1 cm³/mol. The summed E-state index contributed by atoms with van der Waals surface area (Å²) >= 11 is 1.16. The number of nitrogens with zero attached hydrogens (tertiary/aromatic N) is 3. The summed E-state index contributed by atoms with van der Waals surface area (Å²) in [7, 11) is 2.94. The Morgan fingerprint density at radius 3 is 2.72 bits per heavy atom. The highest BCUT2D eigenvalue weighted by molar-refractivity contribution is 7.17. The van der Waals surface area contributed by atoms with Gasteiger partial charge in [-0.25, -0.2) is 9.78 Å². The first kappa shape index (κ1) is 18.5. The van der Waals surface area contributed by atoms with E-state index in [0.717, 1.165) is 11.3 Å². The fraction of sp³-hybridized carbons (Fsp3) is 0.312. The van der Waals surface area contributed by atoms with Crippen LogP contribution in [0.15, 0.2) is 24.4 Å². The summed E-state index contributed by atoms with van der Waals surface area (Å²) in [6.07, 6.45) is 1.64. The number of hydrogen-bond acceptors (Lipinski definition) is 7. The monoisotopic (exact) mass is 362 g/mol. The van der Waals surface area contributed by atoms with Gasteiger partial charge >= 0.3 is 5.97 Å². The van der Waals surface area contributed by atoms with Crippen LogP contribution in [0.25, 0.3) is 10.7 Å². The molecule has 1 N–H and O–H groups in total. The van der Waals surface area contributed by atoms with E-state index in [4.69, 9.17) is 4.74 Å². The van der Waals surface area contributed by atoms with Crippen molar-refractivity contribution in [2.45, 2.75) is 6.92 Å². The minimum absolute atomic E-state index is 0.101. The van der Waals surface area contributed by atoms with E-state index in [1.54, 1.807) is 25.3 Å². The average Bonchev–Trinajstić information content (AvgIpc) is 3.01. The number of aromatic nitrogens is 2. The molecule has 0 aliphatic rings. The van der Waals surface area contributed by atoms with Crippen LogP contribution >= 0.6 is 11.3 Å². The number of ether oxygens (including phenoxy) is 1. The van der Waals surface area contributed by atoms with Crippen LogP contribution in [0.5, 0.6) is 0 Å². The van der Waals surface area contributed by atoms with E-state index in [-0.39, 0.29) is 12.5 Å². The first-order chi connectivity index (χ1) is 11.9. The molecule has 9 heteroatoms. The van der Waals surface area contributed by atoms with Gasteiger partial charge in [-0.15, -0.1) is 11.3 Å². The Hall–Kier alpha value is -2.81. The number of pyridine rings is 1. The molecule has 0 saturated carbocycles. The molecule has 2 rings (SSSR count). The number of nitrogens with one attached hydrogen (secondary N) is 1. The molecule has 2 heterocycles. The van der Waals surface area contributed by atoms with E-state index in [1.807, 2.05) is 6.07 Å². The molecule has 2 amide bonds. The quantitative estimate of drug-likeness (QED) is 0.765. The van der Waals surface area contributed by atoms with Crippen LogP contribution in [0, 0.1) is 6.92 Å². The number of hydrogen-bond donors (Lipinski definition) is 1. The molecule has 132 valence electrons. The SMILES string of the molecule is CNC(=O)CN(C)C(=O)COC(=O)c1sc(-c2ccccn2)nc1C. The van der Waals surface area contributed by atoms with Crippen molar-refractivity contribution in [1.29, 1.82) is 0 Å². The van der Waals surface area contributed by atoms with E-state index in [9.17, 15) is 14.4 Å². The van der Waals surface area contributed by atoms with Crippen molar-refractivity contribution in [2.75, 3.05) is 27.2 Å². The second-order valence-electron chi connectivity index (χ2n) is 5.15. The maximum atomic E-state index is 12.2. The summed E-state index contributed by atoms with van der Waals surface area (Å²) in [5.41, 5.74) is 1.18. The maximum absolute atomic E-state index is 12.2. The van der Waals surface area contributed by atoms with Crippen LogP contribution < -0.4 is 5.32 Å². The Morgan fingerprint density at radius 1 is 1.32 bits per heavy atom. The predicted octanol–water partition coefficient (Wildman–Crippen LogP) is 0.875. The topological polar surface area (TPSA) is 101 Å². The molecule has 0 unspecified atom stereocenters. The normalized spacial score (nSPS) is 10.2. The minimum Gasteiger partial charge on any atom is -0.451 e. The zero-order valence-electron chi connectivity index (χ0n) is 14.1. The standard InChI is InChI=1S/C16H18N4O4S/c1-10-14(25-15(19-10)11-6-4-5-7-18-11)16(23)24-9-13(22)20(3)8-12(21)17-2/h4-7H,8-9H2,1-3H3,(H,17,21). The van der Waals surface area contributed by atoms with Gasteiger partial charge in [-0.2, -0.15) is 0 Å². The van der Waals surface area contributed by atoms with Gasteiger partial charge in [0.2, 0.25) is 5.91 Å². The number of esters is 1. The smallest absolute Gasteiger partial charge is 0.350 e. The van der Waals surface area contributed by atoms with Crippen molar-refractivity contribution in [2.24, 2.45) is 0 Å². The Kier molecular flexibility index (Phi) is 6.18. The molecule has 2 aromatic heterocycles. The third-order valence-corrected chi connectivity index (χ3v) is 4.44. The molecule has 8 nitrogen and oxygen atoms in total. The average molecular weight is 362 g/mol. The molecule has 0 atom stereocenters. The van der Waals surface area contributed by atoms with Crippen LogP contribution in [0.3, 0.4) is 0 Å².